The maximum Gasteiger partial charge on any atom is 0.261 e. The van der Waals surface area contributed by atoms with Gasteiger partial charge in [-0.25, -0.2) is 0 Å². The Bertz CT molecular complexity index is 967. The molecule has 2 nitrogen and oxygen atoms in total. The average Bonchev–Trinajstić information content (AvgIpc) is 2.73. The van der Waals surface area contributed by atoms with Crippen LogP contribution in [0.15, 0.2) is 91.5 Å². The Labute approximate surface area is 181 Å². The van der Waals surface area contributed by atoms with Crippen LogP contribution in [0.1, 0.15) is 38.0 Å². The molecule has 1 atom stereocenters. The predicted octanol–water partition coefficient (Wildman–Crippen LogP) is 5.43. The van der Waals surface area contributed by atoms with E-state index in [1.54, 1.807) is 6.08 Å². The van der Waals surface area contributed by atoms with Crippen molar-refractivity contribution >= 4 is 18.7 Å². The zero-order valence-electron chi connectivity index (χ0n) is 18.1. The van der Waals surface area contributed by atoms with Gasteiger partial charge in [0.2, 0.25) is 0 Å². The van der Waals surface area contributed by atoms with Crippen molar-refractivity contribution in [1.29, 1.82) is 0 Å². The van der Waals surface area contributed by atoms with Gasteiger partial charge in [-0.15, -0.1) is 0 Å². The van der Waals surface area contributed by atoms with Gasteiger partial charge in [-0.05, 0) is 27.0 Å². The van der Waals surface area contributed by atoms with Crippen LogP contribution in [0, 0.1) is 0 Å². The van der Waals surface area contributed by atoms with E-state index in [4.69, 9.17) is 9.16 Å². The summed E-state index contributed by atoms with van der Waals surface area (Å²) in [5.41, 5.74) is 2.52. The van der Waals surface area contributed by atoms with Crippen LogP contribution in [0.3, 0.4) is 0 Å². The standard InChI is InChI=1S/C27H30O2Si/c1-5-19-28-24-18-12-13-21-20-25(26(21)24)29-30(27(2,3)4,22-14-8-6-9-15-22)23-16-10-7-11-17-23/h5-18,25H,1,19-20H2,2-4H3. The Morgan fingerprint density at radius 1 is 0.900 bits per heavy atom. The third-order valence-corrected chi connectivity index (χ3v) is 11.0. The van der Waals surface area contributed by atoms with E-state index in [9.17, 15) is 0 Å². The van der Waals surface area contributed by atoms with Gasteiger partial charge in [0.15, 0.2) is 0 Å². The van der Waals surface area contributed by atoms with Gasteiger partial charge >= 0.3 is 0 Å². The van der Waals surface area contributed by atoms with Crippen LogP contribution in [-0.4, -0.2) is 14.9 Å². The highest BCUT2D eigenvalue weighted by molar-refractivity contribution is 6.99. The van der Waals surface area contributed by atoms with Gasteiger partial charge in [-0.3, -0.25) is 0 Å². The van der Waals surface area contributed by atoms with E-state index in [0.717, 1.165) is 12.2 Å². The largest absolute Gasteiger partial charge is 0.489 e. The Morgan fingerprint density at radius 3 is 2.03 bits per heavy atom. The quantitative estimate of drug-likeness (QED) is 0.379. The van der Waals surface area contributed by atoms with Crippen molar-refractivity contribution < 1.29 is 9.16 Å². The maximum atomic E-state index is 7.29. The fourth-order valence-electron chi connectivity index (χ4n) is 4.58. The van der Waals surface area contributed by atoms with Gasteiger partial charge in [0, 0.05) is 12.0 Å². The second-order valence-electron chi connectivity index (χ2n) is 8.90. The molecule has 0 N–H and O–H groups in total. The molecule has 30 heavy (non-hydrogen) atoms. The van der Waals surface area contributed by atoms with E-state index in [2.05, 4.69) is 100 Å². The number of rotatable bonds is 7. The fourth-order valence-corrected chi connectivity index (χ4v) is 9.23. The van der Waals surface area contributed by atoms with Crippen LogP contribution in [-0.2, 0) is 10.8 Å². The highest BCUT2D eigenvalue weighted by atomic mass is 28.4. The summed E-state index contributed by atoms with van der Waals surface area (Å²) >= 11 is 0. The zero-order valence-corrected chi connectivity index (χ0v) is 19.1. The third-order valence-electron chi connectivity index (χ3n) is 5.98. The first-order chi connectivity index (χ1) is 14.5. The average molecular weight is 415 g/mol. The van der Waals surface area contributed by atoms with Crippen molar-refractivity contribution in [2.75, 3.05) is 6.61 Å². The van der Waals surface area contributed by atoms with Crippen molar-refractivity contribution in [2.45, 2.75) is 38.3 Å². The number of benzene rings is 3. The summed E-state index contributed by atoms with van der Waals surface area (Å²) in [5.74, 6) is 0.918. The molecule has 4 rings (SSSR count). The maximum absolute atomic E-state index is 7.29. The second-order valence-corrected chi connectivity index (χ2v) is 13.2. The van der Waals surface area contributed by atoms with E-state index in [-0.39, 0.29) is 11.1 Å². The monoisotopic (exact) mass is 414 g/mol. The molecule has 0 fully saturated rings. The van der Waals surface area contributed by atoms with Crippen molar-refractivity contribution in [2.24, 2.45) is 0 Å². The minimum absolute atomic E-state index is 0.0346. The summed E-state index contributed by atoms with van der Waals surface area (Å²) in [4.78, 5) is 0. The molecule has 1 aliphatic rings. The first kappa shape index (κ1) is 20.6. The highest BCUT2D eigenvalue weighted by Gasteiger charge is 2.53. The molecule has 0 saturated carbocycles. The summed E-state index contributed by atoms with van der Waals surface area (Å²) in [7, 11) is -2.58. The molecule has 1 aliphatic carbocycles. The van der Waals surface area contributed by atoms with E-state index in [0.29, 0.717) is 6.61 Å². The van der Waals surface area contributed by atoms with Gasteiger partial charge in [-0.1, -0.05) is 106 Å². The van der Waals surface area contributed by atoms with Crippen LogP contribution in [0.2, 0.25) is 5.04 Å². The molecule has 3 aromatic carbocycles. The Balaban J connectivity index is 1.83. The number of hydrogen-bond donors (Lipinski definition) is 0. The van der Waals surface area contributed by atoms with Crippen LogP contribution in [0.5, 0.6) is 5.75 Å². The Kier molecular flexibility index (Phi) is 5.68. The molecule has 0 bridgehead atoms. The summed E-state index contributed by atoms with van der Waals surface area (Å²) in [6.45, 7) is 11.2. The number of hydrogen-bond acceptors (Lipinski definition) is 2. The van der Waals surface area contributed by atoms with E-state index in [1.165, 1.54) is 21.5 Å². The molecular formula is C27H30O2Si. The Morgan fingerprint density at radius 2 is 1.50 bits per heavy atom. The Hall–Kier alpha value is -2.62. The molecule has 3 aromatic rings. The SMILES string of the molecule is C=CCOc1cccc2c1C(O[Si](c1ccccc1)(c1ccccc1)C(C)(C)C)C2. The smallest absolute Gasteiger partial charge is 0.261 e. The van der Waals surface area contributed by atoms with Gasteiger partial charge in [0.1, 0.15) is 12.4 Å². The molecule has 3 heteroatoms. The molecule has 1 unspecified atom stereocenters. The zero-order chi connectivity index (χ0) is 21.2. The lowest BCUT2D eigenvalue weighted by Crippen LogP contribution is -2.67. The topological polar surface area (TPSA) is 18.5 Å². The van der Waals surface area contributed by atoms with Crippen molar-refractivity contribution in [3.05, 3.63) is 103 Å². The molecule has 0 saturated heterocycles. The van der Waals surface area contributed by atoms with Crippen LogP contribution < -0.4 is 15.1 Å². The molecule has 0 spiro atoms. The van der Waals surface area contributed by atoms with E-state index in [1.807, 2.05) is 6.07 Å². The predicted molar refractivity (Wildman–Crippen MR) is 127 cm³/mol. The molecule has 0 heterocycles. The number of ether oxygens (including phenoxy) is 1. The van der Waals surface area contributed by atoms with Crippen LogP contribution in [0.25, 0.3) is 0 Å². The molecule has 0 aliphatic heterocycles. The molecule has 0 radical (unpaired) electrons. The van der Waals surface area contributed by atoms with Gasteiger partial charge in [0.05, 0.1) is 6.10 Å². The minimum atomic E-state index is -2.58. The first-order valence-electron chi connectivity index (χ1n) is 10.6. The molecule has 0 aromatic heterocycles. The van der Waals surface area contributed by atoms with Gasteiger partial charge in [-0.2, -0.15) is 0 Å². The van der Waals surface area contributed by atoms with Gasteiger partial charge in [0.25, 0.3) is 8.32 Å². The fraction of sp³-hybridized carbons (Fsp3) is 0.259. The summed E-state index contributed by atoms with van der Waals surface area (Å²) in [6, 6.07) is 27.9. The first-order valence-corrected chi connectivity index (χ1v) is 12.5. The van der Waals surface area contributed by atoms with Crippen LogP contribution in [0.4, 0.5) is 0 Å². The third kappa shape index (κ3) is 3.53. The van der Waals surface area contributed by atoms with Crippen molar-refractivity contribution in [1.82, 2.24) is 0 Å². The lowest BCUT2D eigenvalue weighted by Gasteiger charge is -2.47. The van der Waals surface area contributed by atoms with Crippen molar-refractivity contribution in [3.63, 3.8) is 0 Å². The van der Waals surface area contributed by atoms with E-state index < -0.39 is 8.32 Å². The normalized spacial score (nSPS) is 15.8. The summed E-state index contributed by atoms with van der Waals surface area (Å²) < 4.78 is 13.3. The lowest BCUT2D eigenvalue weighted by atomic mass is 9.85. The lowest BCUT2D eigenvalue weighted by molar-refractivity contribution is 0.161. The van der Waals surface area contributed by atoms with Crippen LogP contribution >= 0.6 is 0 Å². The minimum Gasteiger partial charge on any atom is -0.489 e. The molecule has 0 amide bonds. The summed E-state index contributed by atoms with van der Waals surface area (Å²) in [5, 5.41) is 2.57. The second kappa shape index (κ2) is 8.25. The highest BCUT2D eigenvalue weighted by Crippen LogP contribution is 2.47. The summed E-state index contributed by atoms with van der Waals surface area (Å²) in [6.07, 6.45) is 2.74. The van der Waals surface area contributed by atoms with Gasteiger partial charge < -0.3 is 9.16 Å². The van der Waals surface area contributed by atoms with E-state index >= 15 is 0 Å². The molecular weight excluding hydrogens is 384 g/mol. The number of fused-ring (bicyclic) bond motifs is 1. The molecule has 154 valence electrons. The van der Waals surface area contributed by atoms with Crippen molar-refractivity contribution in [3.8, 4) is 5.75 Å².